The highest BCUT2D eigenvalue weighted by molar-refractivity contribution is 7.11. The lowest BCUT2D eigenvalue weighted by Crippen LogP contribution is -2.59. The first-order valence-corrected chi connectivity index (χ1v) is 22.0. The van der Waals surface area contributed by atoms with E-state index in [0.717, 1.165) is 35.6 Å². The smallest absolute Gasteiger partial charge is 0.381 e. The molecule has 0 spiro atoms. The summed E-state index contributed by atoms with van der Waals surface area (Å²) in [5.74, 6) is -2.29. The Hall–Kier alpha value is -5.19. The van der Waals surface area contributed by atoms with Gasteiger partial charge in [-0.2, -0.15) is 0 Å². The van der Waals surface area contributed by atoms with Crippen LogP contribution in [0.15, 0.2) is 66.0 Å². The molecule has 16 heteroatoms. The van der Waals surface area contributed by atoms with E-state index >= 15 is 0 Å². The molecule has 0 aliphatic carbocycles. The zero-order valence-electron chi connectivity index (χ0n) is 36.1. The predicted octanol–water partition coefficient (Wildman–Crippen LogP) is 3.70. The number of thiazole rings is 1. The molecule has 2 fully saturated rings. The van der Waals surface area contributed by atoms with Gasteiger partial charge in [-0.15, -0.1) is 0 Å². The fourth-order valence-corrected chi connectivity index (χ4v) is 7.74. The van der Waals surface area contributed by atoms with E-state index < -0.39 is 59.5 Å². The van der Waals surface area contributed by atoms with E-state index in [9.17, 15) is 28.8 Å². The molecule has 1 unspecified atom stereocenters. The summed E-state index contributed by atoms with van der Waals surface area (Å²) >= 11 is 1.11. The number of ketones is 1. The zero-order valence-corrected chi connectivity index (χ0v) is 36.9. The van der Waals surface area contributed by atoms with Gasteiger partial charge in [0.05, 0.1) is 24.8 Å². The first kappa shape index (κ1) is 46.9. The maximum atomic E-state index is 14.2. The number of carbonyl (C=O) groups excluding carboxylic acids is 6. The third kappa shape index (κ3) is 14.7. The first-order valence-electron chi connectivity index (χ1n) is 21.1. The van der Waals surface area contributed by atoms with E-state index in [1.165, 1.54) is 0 Å². The van der Waals surface area contributed by atoms with Crippen molar-refractivity contribution in [2.45, 2.75) is 103 Å². The molecular formula is C45H61N7O8S. The van der Waals surface area contributed by atoms with E-state index in [1.54, 1.807) is 17.2 Å². The minimum absolute atomic E-state index is 0.0358. The number of aryl methyl sites for hydroxylation is 1. The number of hydrogen-bond donors (Lipinski definition) is 4. The molecule has 4 N–H and O–H groups in total. The lowest BCUT2D eigenvalue weighted by Gasteiger charge is -2.31. The summed E-state index contributed by atoms with van der Waals surface area (Å²) < 4.78 is 10.9. The number of amides is 5. The molecular weight excluding hydrogens is 799 g/mol. The Morgan fingerprint density at radius 1 is 0.754 bits per heavy atom. The van der Waals surface area contributed by atoms with Crippen LogP contribution in [0.5, 0.6) is 5.19 Å². The van der Waals surface area contributed by atoms with E-state index in [1.807, 2.05) is 95.4 Å². The SMILES string of the molecule is CC(C)C[C@H](NC(=O)[C@H](CCc1ccccc1)NC(=O)Cc1csc(OC(=O)N2CCN(C)CC2)n1)C(=O)N[C@@H](Cc1ccccc1)C(=O)N[C@@H](CC(C)C)C(=O)C1(C)CO1. The second-order valence-electron chi connectivity index (χ2n) is 17.1. The zero-order chi connectivity index (χ0) is 44.1. The van der Waals surface area contributed by atoms with E-state index in [0.29, 0.717) is 31.6 Å². The summed E-state index contributed by atoms with van der Waals surface area (Å²) in [6, 6.07) is 14.8. The molecule has 0 radical (unpaired) electrons. The monoisotopic (exact) mass is 859 g/mol. The predicted molar refractivity (Wildman–Crippen MR) is 232 cm³/mol. The number of Topliss-reactive ketones (excluding diaryl/α,β-unsaturated/α-hetero) is 1. The van der Waals surface area contributed by atoms with Crippen molar-refractivity contribution >= 4 is 46.8 Å². The summed E-state index contributed by atoms with van der Waals surface area (Å²) in [7, 11) is 1.99. The molecule has 2 aliphatic heterocycles. The molecule has 0 bridgehead atoms. The molecule has 2 aromatic carbocycles. The van der Waals surface area contributed by atoms with Gasteiger partial charge in [-0.1, -0.05) is 99.7 Å². The van der Waals surface area contributed by atoms with Gasteiger partial charge in [0.1, 0.15) is 23.7 Å². The average Bonchev–Trinajstić information content (AvgIpc) is 3.83. The molecule has 330 valence electrons. The Balaban J connectivity index is 1.29. The Labute approximate surface area is 362 Å². The largest absolute Gasteiger partial charge is 0.417 e. The van der Waals surface area contributed by atoms with Gasteiger partial charge in [-0.05, 0) is 62.6 Å². The molecule has 61 heavy (non-hydrogen) atoms. The number of carbonyl (C=O) groups is 6. The van der Waals surface area contributed by atoms with Gasteiger partial charge in [0.2, 0.25) is 23.6 Å². The lowest BCUT2D eigenvalue weighted by atomic mass is 9.93. The third-order valence-corrected chi connectivity index (χ3v) is 11.5. The van der Waals surface area contributed by atoms with Crippen molar-refractivity contribution in [3.8, 4) is 5.19 Å². The number of rotatable bonds is 21. The van der Waals surface area contributed by atoms with Crippen molar-refractivity contribution in [2.24, 2.45) is 11.8 Å². The van der Waals surface area contributed by atoms with Gasteiger partial charge in [0.25, 0.3) is 5.19 Å². The molecule has 1 aromatic heterocycles. The minimum Gasteiger partial charge on any atom is -0.381 e. The van der Waals surface area contributed by atoms with Crippen LogP contribution >= 0.6 is 11.3 Å². The topological polar surface area (TPSA) is 192 Å². The molecule has 3 heterocycles. The second kappa shape index (κ2) is 22.1. The Bertz CT molecular complexity index is 1950. The standard InChI is InChI=1S/C45H61N7O8S/c1-29(2)23-35(39(54)45(5)28-59-45)48-42(57)37(25-32-15-11-8-12-16-32)50-41(56)36(24-30(3)4)49-40(55)34(18-17-31-13-9-7-10-14-31)47-38(53)26-33-27-61-43(46-33)60-44(58)52-21-19-51(6)20-22-52/h7-16,27,29-30,34-37H,17-26,28H2,1-6H3,(H,47,53)(H,48,57)(H,49,55)(H,50,56)/t34-,35-,36-,37-,45?/m0/s1. The highest BCUT2D eigenvalue weighted by Crippen LogP contribution is 2.30. The third-order valence-electron chi connectivity index (χ3n) is 10.7. The molecule has 2 aliphatic rings. The van der Waals surface area contributed by atoms with Crippen molar-refractivity contribution < 1.29 is 38.2 Å². The summed E-state index contributed by atoms with van der Waals surface area (Å²) in [6.07, 6.45) is 0.807. The van der Waals surface area contributed by atoms with Crippen molar-refractivity contribution in [1.82, 2.24) is 36.1 Å². The van der Waals surface area contributed by atoms with E-state index in [-0.39, 0.29) is 55.1 Å². The highest BCUT2D eigenvalue weighted by Gasteiger charge is 2.50. The second-order valence-corrected chi connectivity index (χ2v) is 17.9. The van der Waals surface area contributed by atoms with Gasteiger partial charge in [-0.25, -0.2) is 9.78 Å². The number of aromatic nitrogens is 1. The van der Waals surface area contributed by atoms with Crippen molar-refractivity contribution in [3.05, 3.63) is 82.9 Å². The fraction of sp³-hybridized carbons (Fsp3) is 0.533. The van der Waals surface area contributed by atoms with Crippen LogP contribution in [0.3, 0.4) is 0 Å². The van der Waals surface area contributed by atoms with Gasteiger partial charge < -0.3 is 40.5 Å². The van der Waals surface area contributed by atoms with Gasteiger partial charge in [0, 0.05) is 38.0 Å². The number of epoxide rings is 1. The van der Waals surface area contributed by atoms with Crippen molar-refractivity contribution in [2.75, 3.05) is 39.8 Å². The summed E-state index contributed by atoms with van der Waals surface area (Å²) in [5, 5.41) is 13.3. The van der Waals surface area contributed by atoms with Crippen LogP contribution in [0.2, 0.25) is 0 Å². The van der Waals surface area contributed by atoms with Crippen LogP contribution in [0.25, 0.3) is 0 Å². The number of nitrogens with zero attached hydrogens (tertiary/aromatic N) is 3. The van der Waals surface area contributed by atoms with Crippen LogP contribution in [0.1, 0.15) is 70.7 Å². The van der Waals surface area contributed by atoms with Crippen LogP contribution in [-0.4, -0.2) is 120 Å². The van der Waals surface area contributed by atoms with Crippen molar-refractivity contribution in [1.29, 1.82) is 0 Å². The van der Waals surface area contributed by atoms with Crippen LogP contribution < -0.4 is 26.0 Å². The van der Waals surface area contributed by atoms with Crippen LogP contribution in [-0.2, 0) is 48.0 Å². The Kier molecular flexibility index (Phi) is 17.0. The maximum Gasteiger partial charge on any atom is 0.417 e. The Morgan fingerprint density at radius 2 is 1.30 bits per heavy atom. The summed E-state index contributed by atoms with van der Waals surface area (Å²) in [5.41, 5.74) is 1.18. The highest BCUT2D eigenvalue weighted by atomic mass is 32.1. The van der Waals surface area contributed by atoms with Gasteiger partial charge in [-0.3, -0.25) is 24.0 Å². The molecule has 15 nitrogen and oxygen atoms in total. The molecule has 5 atom stereocenters. The van der Waals surface area contributed by atoms with Crippen LogP contribution in [0, 0.1) is 11.8 Å². The average molecular weight is 860 g/mol. The molecule has 5 rings (SSSR count). The number of likely N-dealkylation sites (N-methyl/N-ethyl adjacent to an activating group) is 1. The molecule has 3 aromatic rings. The number of ether oxygens (including phenoxy) is 2. The van der Waals surface area contributed by atoms with Gasteiger partial charge in [0.15, 0.2) is 5.78 Å². The van der Waals surface area contributed by atoms with E-state index in [4.69, 9.17) is 9.47 Å². The summed E-state index contributed by atoms with van der Waals surface area (Å²) in [6.45, 7) is 12.3. The number of piperazine rings is 1. The first-order chi connectivity index (χ1) is 29.1. The molecule has 5 amide bonds. The summed E-state index contributed by atoms with van der Waals surface area (Å²) in [4.78, 5) is 90.1. The number of benzene rings is 2. The normalized spacial score (nSPS) is 18.4. The number of hydrogen-bond acceptors (Lipinski definition) is 11. The number of nitrogens with one attached hydrogen (secondary N) is 4. The fourth-order valence-electron chi connectivity index (χ4n) is 7.08. The van der Waals surface area contributed by atoms with Crippen molar-refractivity contribution in [3.63, 3.8) is 0 Å². The van der Waals surface area contributed by atoms with Crippen LogP contribution in [0.4, 0.5) is 4.79 Å². The minimum atomic E-state index is -1.07. The quantitative estimate of drug-likeness (QED) is 0.115. The van der Waals surface area contributed by atoms with Gasteiger partial charge >= 0.3 is 6.09 Å². The molecule has 0 saturated carbocycles. The molecule has 2 saturated heterocycles. The Morgan fingerprint density at radius 3 is 1.90 bits per heavy atom. The maximum absolute atomic E-state index is 14.2. The van der Waals surface area contributed by atoms with E-state index in [2.05, 4.69) is 31.2 Å². The lowest BCUT2D eigenvalue weighted by molar-refractivity contribution is -0.135.